The Balaban J connectivity index is 2.30. The van der Waals surface area contributed by atoms with E-state index in [4.69, 9.17) is 9.84 Å². The van der Waals surface area contributed by atoms with Crippen molar-refractivity contribution in [1.82, 2.24) is 10.6 Å². The van der Waals surface area contributed by atoms with Gasteiger partial charge in [-0.15, -0.1) is 0 Å². The summed E-state index contributed by atoms with van der Waals surface area (Å²) >= 11 is 3.32. The molecule has 3 N–H and O–H groups in total. The summed E-state index contributed by atoms with van der Waals surface area (Å²) in [5.41, 5.74) is -1.27. The first-order valence-corrected chi connectivity index (χ1v) is 7.34. The second-order valence-electron chi connectivity index (χ2n) is 4.67. The number of carboxylic acids is 1. The third-order valence-electron chi connectivity index (χ3n) is 3.04. The van der Waals surface area contributed by atoms with Crippen molar-refractivity contribution in [2.45, 2.75) is 25.8 Å². The molecular weight excluding hydrogens is 340 g/mol. The molecule has 0 saturated carbocycles. The van der Waals surface area contributed by atoms with Crippen LogP contribution in [0.1, 0.15) is 20.3 Å². The highest BCUT2D eigenvalue weighted by Gasteiger charge is 2.32. The van der Waals surface area contributed by atoms with Gasteiger partial charge < -0.3 is 20.5 Å². The lowest BCUT2D eigenvalue weighted by Crippen LogP contribution is -2.55. The molecule has 116 valence electrons. The van der Waals surface area contributed by atoms with Gasteiger partial charge in [0.25, 0.3) is 0 Å². The van der Waals surface area contributed by atoms with Gasteiger partial charge in [-0.05, 0) is 37.6 Å². The molecule has 0 aliphatic heterocycles. The van der Waals surface area contributed by atoms with Crippen LogP contribution in [0.3, 0.4) is 0 Å². The van der Waals surface area contributed by atoms with Crippen molar-refractivity contribution in [3.8, 4) is 5.75 Å². The van der Waals surface area contributed by atoms with E-state index < -0.39 is 17.5 Å². The van der Waals surface area contributed by atoms with Crippen molar-refractivity contribution in [3.05, 3.63) is 28.7 Å². The number of aliphatic carboxylic acids is 1. The van der Waals surface area contributed by atoms with E-state index in [1.807, 2.05) is 24.3 Å². The molecule has 1 rings (SSSR count). The van der Waals surface area contributed by atoms with Crippen LogP contribution >= 0.6 is 15.9 Å². The number of urea groups is 1. The van der Waals surface area contributed by atoms with Crippen molar-refractivity contribution in [2.24, 2.45) is 0 Å². The molecule has 0 saturated heterocycles. The highest BCUT2D eigenvalue weighted by Crippen LogP contribution is 2.15. The molecule has 0 aliphatic carbocycles. The Morgan fingerprint density at radius 1 is 1.33 bits per heavy atom. The Kier molecular flexibility index (Phi) is 6.48. The number of hydrogen-bond donors (Lipinski definition) is 3. The van der Waals surface area contributed by atoms with Gasteiger partial charge in [0.05, 0.1) is 6.54 Å². The van der Waals surface area contributed by atoms with Gasteiger partial charge in [0.2, 0.25) is 0 Å². The molecular formula is C14H19BrN2O4. The maximum atomic E-state index is 11.6. The van der Waals surface area contributed by atoms with Gasteiger partial charge in [0.1, 0.15) is 17.9 Å². The van der Waals surface area contributed by atoms with Crippen LogP contribution in [0.15, 0.2) is 28.7 Å². The number of nitrogens with one attached hydrogen (secondary N) is 2. The molecule has 7 heteroatoms. The summed E-state index contributed by atoms with van der Waals surface area (Å²) in [5, 5.41) is 14.1. The molecule has 0 bridgehead atoms. The van der Waals surface area contributed by atoms with Gasteiger partial charge in [0.15, 0.2) is 0 Å². The van der Waals surface area contributed by atoms with E-state index in [-0.39, 0.29) is 6.54 Å². The molecule has 0 heterocycles. The van der Waals surface area contributed by atoms with Crippen LogP contribution in [-0.4, -0.2) is 35.8 Å². The first-order chi connectivity index (χ1) is 9.87. The number of rotatable bonds is 7. The average molecular weight is 359 g/mol. The highest BCUT2D eigenvalue weighted by molar-refractivity contribution is 9.10. The Morgan fingerprint density at radius 2 is 1.95 bits per heavy atom. The maximum absolute atomic E-state index is 11.6. The van der Waals surface area contributed by atoms with Crippen LogP contribution in [-0.2, 0) is 4.79 Å². The number of carboxylic acid groups (broad SMARTS) is 1. The van der Waals surface area contributed by atoms with Crippen molar-refractivity contribution in [2.75, 3.05) is 13.2 Å². The Morgan fingerprint density at radius 3 is 2.48 bits per heavy atom. The number of halogens is 1. The number of amides is 2. The zero-order valence-corrected chi connectivity index (χ0v) is 13.6. The van der Waals surface area contributed by atoms with Crippen LogP contribution in [0.2, 0.25) is 0 Å². The van der Waals surface area contributed by atoms with Gasteiger partial charge in [-0.1, -0.05) is 22.9 Å². The molecule has 1 atom stereocenters. The summed E-state index contributed by atoms with van der Waals surface area (Å²) in [7, 11) is 0. The Hall–Kier alpha value is -1.76. The Labute approximate surface area is 132 Å². The largest absolute Gasteiger partial charge is 0.492 e. The molecule has 0 fully saturated rings. The van der Waals surface area contributed by atoms with Gasteiger partial charge in [-0.3, -0.25) is 0 Å². The zero-order chi connectivity index (χ0) is 15.9. The number of ether oxygens (including phenoxy) is 1. The van der Waals surface area contributed by atoms with Gasteiger partial charge in [-0.2, -0.15) is 0 Å². The second kappa shape index (κ2) is 7.87. The molecule has 0 aromatic heterocycles. The molecule has 1 aromatic rings. The number of carbonyl (C=O) groups is 2. The summed E-state index contributed by atoms with van der Waals surface area (Å²) in [4.78, 5) is 22.7. The standard InChI is InChI=1S/C14H19BrN2O4/c1-3-14(2,12(18)19)17-13(20)16-8-9-21-11-6-4-10(15)5-7-11/h4-7H,3,8-9H2,1-2H3,(H,18,19)(H2,16,17,20). The van der Waals surface area contributed by atoms with E-state index in [0.717, 1.165) is 4.47 Å². The third-order valence-corrected chi connectivity index (χ3v) is 3.57. The molecule has 0 radical (unpaired) electrons. The fraction of sp³-hybridized carbons (Fsp3) is 0.429. The predicted molar refractivity (Wildman–Crippen MR) is 82.5 cm³/mol. The van der Waals surface area contributed by atoms with Gasteiger partial charge in [-0.25, -0.2) is 9.59 Å². The van der Waals surface area contributed by atoms with Crippen molar-refractivity contribution < 1.29 is 19.4 Å². The van der Waals surface area contributed by atoms with Crippen LogP contribution in [0.4, 0.5) is 4.79 Å². The Bertz CT molecular complexity index is 492. The smallest absolute Gasteiger partial charge is 0.329 e. The number of hydrogen-bond acceptors (Lipinski definition) is 3. The summed E-state index contributed by atoms with van der Waals surface area (Å²) < 4.78 is 6.39. The molecule has 0 aliphatic rings. The molecule has 2 amide bonds. The minimum Gasteiger partial charge on any atom is -0.492 e. The minimum absolute atomic E-state index is 0.279. The lowest BCUT2D eigenvalue weighted by Gasteiger charge is -2.24. The monoisotopic (exact) mass is 358 g/mol. The van der Waals surface area contributed by atoms with E-state index in [9.17, 15) is 9.59 Å². The minimum atomic E-state index is -1.27. The topological polar surface area (TPSA) is 87.7 Å². The van der Waals surface area contributed by atoms with Gasteiger partial charge >= 0.3 is 12.0 Å². The first kappa shape index (κ1) is 17.3. The lowest BCUT2D eigenvalue weighted by atomic mass is 10.00. The van der Waals surface area contributed by atoms with Gasteiger partial charge in [0, 0.05) is 4.47 Å². The van der Waals surface area contributed by atoms with E-state index in [1.54, 1.807) is 6.92 Å². The fourth-order valence-electron chi connectivity index (χ4n) is 1.45. The van der Waals surface area contributed by atoms with Crippen LogP contribution in [0.5, 0.6) is 5.75 Å². The maximum Gasteiger partial charge on any atom is 0.329 e. The third kappa shape index (κ3) is 5.63. The quantitative estimate of drug-likeness (QED) is 0.653. The summed E-state index contributed by atoms with van der Waals surface area (Å²) in [6, 6.07) is 6.80. The number of carbonyl (C=O) groups excluding carboxylic acids is 1. The van der Waals surface area contributed by atoms with Crippen LogP contribution in [0.25, 0.3) is 0 Å². The predicted octanol–water partition coefficient (Wildman–Crippen LogP) is 2.38. The second-order valence-corrected chi connectivity index (χ2v) is 5.59. The first-order valence-electron chi connectivity index (χ1n) is 6.55. The molecule has 21 heavy (non-hydrogen) atoms. The van der Waals surface area contributed by atoms with Crippen molar-refractivity contribution in [1.29, 1.82) is 0 Å². The van der Waals surface area contributed by atoms with Crippen LogP contribution in [0, 0.1) is 0 Å². The fourth-order valence-corrected chi connectivity index (χ4v) is 1.72. The van der Waals surface area contributed by atoms with E-state index in [2.05, 4.69) is 26.6 Å². The normalized spacial score (nSPS) is 13.1. The molecule has 1 unspecified atom stereocenters. The molecule has 6 nitrogen and oxygen atoms in total. The van der Waals surface area contributed by atoms with E-state index in [1.165, 1.54) is 6.92 Å². The summed E-state index contributed by atoms with van der Waals surface area (Å²) in [6.45, 7) is 3.74. The van der Waals surface area contributed by atoms with Crippen LogP contribution < -0.4 is 15.4 Å². The SMILES string of the molecule is CCC(C)(NC(=O)NCCOc1ccc(Br)cc1)C(=O)O. The lowest BCUT2D eigenvalue weighted by molar-refractivity contribution is -0.143. The molecule has 1 aromatic carbocycles. The van der Waals surface area contributed by atoms with E-state index in [0.29, 0.717) is 18.8 Å². The highest BCUT2D eigenvalue weighted by atomic mass is 79.9. The molecule has 0 spiro atoms. The summed E-state index contributed by atoms with van der Waals surface area (Å²) in [5.74, 6) is -0.365. The number of benzene rings is 1. The van der Waals surface area contributed by atoms with Crippen molar-refractivity contribution >= 4 is 27.9 Å². The summed E-state index contributed by atoms with van der Waals surface area (Å²) in [6.07, 6.45) is 0.297. The van der Waals surface area contributed by atoms with Crippen molar-refractivity contribution in [3.63, 3.8) is 0 Å². The average Bonchev–Trinajstić information content (AvgIpc) is 2.45. The van der Waals surface area contributed by atoms with E-state index >= 15 is 0 Å². The zero-order valence-electron chi connectivity index (χ0n) is 12.0.